The van der Waals surface area contributed by atoms with Crippen LogP contribution >= 0.6 is 0 Å². The molecular weight excluding hydrogens is 196 g/mol. The molecule has 84 valence electrons. The summed E-state index contributed by atoms with van der Waals surface area (Å²) in [5.74, 6) is 0. The molecule has 0 spiro atoms. The molecule has 1 fully saturated rings. The molecule has 0 aliphatic heterocycles. The Balaban J connectivity index is 1.77. The van der Waals surface area contributed by atoms with Crippen molar-refractivity contribution in [2.24, 2.45) is 0 Å². The number of aromatic amines is 1. The molecule has 1 saturated carbocycles. The minimum absolute atomic E-state index is 0.685. The molecule has 0 unspecified atom stereocenters. The molecule has 1 aliphatic rings. The first kappa shape index (κ1) is 9.76. The van der Waals surface area contributed by atoms with Gasteiger partial charge in [-0.2, -0.15) is 0 Å². The van der Waals surface area contributed by atoms with Crippen LogP contribution in [0.3, 0.4) is 0 Å². The summed E-state index contributed by atoms with van der Waals surface area (Å²) in [5, 5.41) is 4.94. The molecule has 1 heterocycles. The SMILES string of the molecule is c1cc2cc(NC3CCCCC3)ccc2[nH]1. The molecule has 0 atom stereocenters. The molecule has 0 radical (unpaired) electrons. The molecule has 2 N–H and O–H groups in total. The van der Waals surface area contributed by atoms with Crippen LogP contribution in [0.25, 0.3) is 10.9 Å². The second-order valence-electron chi connectivity index (χ2n) is 4.76. The van der Waals surface area contributed by atoms with E-state index in [1.165, 1.54) is 48.7 Å². The lowest BCUT2D eigenvalue weighted by molar-refractivity contribution is 0.463. The van der Waals surface area contributed by atoms with Gasteiger partial charge in [0.25, 0.3) is 0 Å². The van der Waals surface area contributed by atoms with Gasteiger partial charge in [0.2, 0.25) is 0 Å². The van der Waals surface area contributed by atoms with Crippen molar-refractivity contribution >= 4 is 16.6 Å². The summed E-state index contributed by atoms with van der Waals surface area (Å²) in [6, 6.07) is 9.38. The monoisotopic (exact) mass is 214 g/mol. The van der Waals surface area contributed by atoms with Crippen LogP contribution in [0.15, 0.2) is 30.5 Å². The van der Waals surface area contributed by atoms with E-state index in [4.69, 9.17) is 0 Å². The first-order chi connectivity index (χ1) is 7.92. The number of hydrogen-bond donors (Lipinski definition) is 2. The predicted octanol–water partition coefficient (Wildman–Crippen LogP) is 3.91. The molecule has 2 aromatic rings. The van der Waals surface area contributed by atoms with E-state index in [1.807, 2.05) is 6.20 Å². The van der Waals surface area contributed by atoms with Crippen LogP contribution in [0.1, 0.15) is 32.1 Å². The van der Waals surface area contributed by atoms with Crippen molar-refractivity contribution in [3.63, 3.8) is 0 Å². The van der Waals surface area contributed by atoms with Crippen molar-refractivity contribution in [2.45, 2.75) is 38.1 Å². The number of rotatable bonds is 2. The highest BCUT2D eigenvalue weighted by Gasteiger charge is 2.12. The first-order valence-corrected chi connectivity index (χ1v) is 6.25. The summed E-state index contributed by atoms with van der Waals surface area (Å²) in [6.07, 6.45) is 8.81. The minimum atomic E-state index is 0.685. The van der Waals surface area contributed by atoms with Gasteiger partial charge in [-0.3, -0.25) is 0 Å². The second-order valence-corrected chi connectivity index (χ2v) is 4.76. The van der Waals surface area contributed by atoms with E-state index in [-0.39, 0.29) is 0 Å². The van der Waals surface area contributed by atoms with Gasteiger partial charge in [-0.05, 0) is 37.1 Å². The fraction of sp³-hybridized carbons (Fsp3) is 0.429. The van der Waals surface area contributed by atoms with E-state index in [1.54, 1.807) is 0 Å². The quantitative estimate of drug-likeness (QED) is 0.779. The fourth-order valence-corrected chi connectivity index (χ4v) is 2.63. The van der Waals surface area contributed by atoms with Crippen LogP contribution in [0.5, 0.6) is 0 Å². The average molecular weight is 214 g/mol. The number of anilines is 1. The Labute approximate surface area is 96.1 Å². The normalized spacial score (nSPS) is 17.8. The maximum atomic E-state index is 3.65. The number of nitrogens with one attached hydrogen (secondary N) is 2. The summed E-state index contributed by atoms with van der Waals surface area (Å²) in [5.41, 5.74) is 2.48. The lowest BCUT2D eigenvalue weighted by Gasteiger charge is -2.23. The third-order valence-electron chi connectivity index (χ3n) is 3.53. The second kappa shape index (κ2) is 4.20. The standard InChI is InChI=1S/C14H18N2/c1-2-4-12(5-3-1)16-13-6-7-14-11(10-13)8-9-15-14/h6-10,12,15-16H,1-5H2. The highest BCUT2D eigenvalue weighted by atomic mass is 14.9. The maximum absolute atomic E-state index is 3.65. The number of fused-ring (bicyclic) bond motifs is 1. The number of aromatic nitrogens is 1. The van der Waals surface area contributed by atoms with E-state index >= 15 is 0 Å². The van der Waals surface area contributed by atoms with Crippen molar-refractivity contribution in [1.29, 1.82) is 0 Å². The van der Waals surface area contributed by atoms with Gasteiger partial charge in [-0.1, -0.05) is 19.3 Å². The Morgan fingerprint density at radius 3 is 2.81 bits per heavy atom. The van der Waals surface area contributed by atoms with E-state index in [2.05, 4.69) is 34.6 Å². The van der Waals surface area contributed by atoms with Crippen LogP contribution in [-0.2, 0) is 0 Å². The van der Waals surface area contributed by atoms with Crippen LogP contribution in [-0.4, -0.2) is 11.0 Å². The molecule has 1 aliphatic carbocycles. The Hall–Kier alpha value is -1.44. The van der Waals surface area contributed by atoms with Gasteiger partial charge in [0.15, 0.2) is 0 Å². The molecule has 0 saturated heterocycles. The zero-order valence-corrected chi connectivity index (χ0v) is 9.50. The van der Waals surface area contributed by atoms with Gasteiger partial charge in [0.05, 0.1) is 0 Å². The Bertz CT molecular complexity index is 466. The van der Waals surface area contributed by atoms with Crippen molar-refractivity contribution in [3.05, 3.63) is 30.5 Å². The van der Waals surface area contributed by atoms with Crippen LogP contribution < -0.4 is 5.32 Å². The zero-order valence-electron chi connectivity index (χ0n) is 9.50. The van der Waals surface area contributed by atoms with Gasteiger partial charge in [-0.15, -0.1) is 0 Å². The molecule has 0 bridgehead atoms. The smallest absolute Gasteiger partial charge is 0.0455 e. The highest BCUT2D eigenvalue weighted by Crippen LogP contribution is 2.23. The number of H-pyrrole nitrogens is 1. The molecule has 1 aromatic carbocycles. The van der Waals surface area contributed by atoms with Gasteiger partial charge in [-0.25, -0.2) is 0 Å². The Morgan fingerprint density at radius 2 is 1.94 bits per heavy atom. The molecule has 0 amide bonds. The molecular formula is C14H18N2. The molecule has 3 rings (SSSR count). The van der Waals surface area contributed by atoms with Gasteiger partial charge in [0, 0.05) is 28.8 Å². The van der Waals surface area contributed by atoms with Crippen molar-refractivity contribution in [1.82, 2.24) is 4.98 Å². The lowest BCUT2D eigenvalue weighted by atomic mass is 9.95. The summed E-state index contributed by atoms with van der Waals surface area (Å²) < 4.78 is 0. The Morgan fingerprint density at radius 1 is 1.06 bits per heavy atom. The summed E-state index contributed by atoms with van der Waals surface area (Å²) in [4.78, 5) is 3.22. The summed E-state index contributed by atoms with van der Waals surface area (Å²) in [7, 11) is 0. The molecule has 16 heavy (non-hydrogen) atoms. The average Bonchev–Trinajstić information content (AvgIpc) is 2.77. The van der Waals surface area contributed by atoms with Gasteiger partial charge >= 0.3 is 0 Å². The van der Waals surface area contributed by atoms with Gasteiger partial charge in [0.1, 0.15) is 0 Å². The third kappa shape index (κ3) is 1.92. The van der Waals surface area contributed by atoms with Crippen molar-refractivity contribution < 1.29 is 0 Å². The van der Waals surface area contributed by atoms with Crippen LogP contribution in [0.4, 0.5) is 5.69 Å². The van der Waals surface area contributed by atoms with E-state index in [9.17, 15) is 0 Å². The Kier molecular flexibility index (Phi) is 2.56. The van der Waals surface area contributed by atoms with Crippen molar-refractivity contribution in [3.8, 4) is 0 Å². The van der Waals surface area contributed by atoms with Crippen molar-refractivity contribution in [2.75, 3.05) is 5.32 Å². The topological polar surface area (TPSA) is 27.8 Å². The molecule has 1 aromatic heterocycles. The molecule has 2 heteroatoms. The predicted molar refractivity (Wildman–Crippen MR) is 68.8 cm³/mol. The summed E-state index contributed by atoms with van der Waals surface area (Å²) in [6.45, 7) is 0. The third-order valence-corrected chi connectivity index (χ3v) is 3.53. The zero-order chi connectivity index (χ0) is 10.8. The first-order valence-electron chi connectivity index (χ1n) is 6.25. The highest BCUT2D eigenvalue weighted by molar-refractivity contribution is 5.83. The van der Waals surface area contributed by atoms with Crippen LogP contribution in [0.2, 0.25) is 0 Å². The van der Waals surface area contributed by atoms with Crippen LogP contribution in [0, 0.1) is 0 Å². The van der Waals surface area contributed by atoms with Gasteiger partial charge < -0.3 is 10.3 Å². The van der Waals surface area contributed by atoms with E-state index in [0.29, 0.717) is 6.04 Å². The minimum Gasteiger partial charge on any atom is -0.382 e. The fourth-order valence-electron chi connectivity index (χ4n) is 2.63. The largest absolute Gasteiger partial charge is 0.382 e. The van der Waals surface area contributed by atoms with E-state index in [0.717, 1.165) is 0 Å². The maximum Gasteiger partial charge on any atom is 0.0455 e. The number of hydrogen-bond acceptors (Lipinski definition) is 1. The summed E-state index contributed by atoms with van der Waals surface area (Å²) >= 11 is 0. The lowest BCUT2D eigenvalue weighted by Crippen LogP contribution is -2.22. The van der Waals surface area contributed by atoms with E-state index < -0.39 is 0 Å². The number of benzene rings is 1. The molecule has 2 nitrogen and oxygen atoms in total.